The van der Waals surface area contributed by atoms with Crippen molar-refractivity contribution in [3.05, 3.63) is 16.4 Å². The summed E-state index contributed by atoms with van der Waals surface area (Å²) in [7, 11) is 1.80. The Morgan fingerprint density at radius 3 is 2.84 bits per heavy atom. The lowest BCUT2D eigenvalue weighted by Gasteiger charge is -2.03. The number of aryl methyl sites for hydroxylation is 2. The highest BCUT2D eigenvalue weighted by atomic mass is 35.5. The summed E-state index contributed by atoms with van der Waals surface area (Å²) in [5.41, 5.74) is 1.60. The molecule has 0 spiro atoms. The number of thioether (sulfide) groups is 1. The standard InChI is InChI=1S/C9H11ClN6O2S/c1-5-8(10)6(15(2)12-5)4-19-9-11-13-14-16(9)3-7(17)18/h3-4H2,1-2H3,(H,17,18). The third-order valence-electron chi connectivity index (χ3n) is 2.38. The highest BCUT2D eigenvalue weighted by molar-refractivity contribution is 7.98. The molecule has 0 saturated carbocycles. The van der Waals surface area contributed by atoms with Gasteiger partial charge in [0.1, 0.15) is 6.54 Å². The van der Waals surface area contributed by atoms with E-state index in [1.165, 1.54) is 16.4 Å². The number of carboxylic acid groups (broad SMARTS) is 1. The maximum Gasteiger partial charge on any atom is 0.325 e. The van der Waals surface area contributed by atoms with Crippen molar-refractivity contribution in [3.8, 4) is 0 Å². The van der Waals surface area contributed by atoms with Crippen LogP contribution in [0, 0.1) is 6.92 Å². The first kappa shape index (κ1) is 13.8. The van der Waals surface area contributed by atoms with Gasteiger partial charge in [-0.05, 0) is 17.4 Å². The second-order valence-electron chi connectivity index (χ2n) is 3.77. The van der Waals surface area contributed by atoms with Gasteiger partial charge in [0.25, 0.3) is 0 Å². The molecule has 0 atom stereocenters. The highest BCUT2D eigenvalue weighted by Crippen LogP contribution is 2.26. The van der Waals surface area contributed by atoms with Crippen LogP contribution >= 0.6 is 23.4 Å². The zero-order valence-corrected chi connectivity index (χ0v) is 11.8. The van der Waals surface area contributed by atoms with Crippen LogP contribution in [0.15, 0.2) is 5.16 Å². The first-order chi connectivity index (χ1) is 8.99. The molecular formula is C9H11ClN6O2S. The minimum Gasteiger partial charge on any atom is -0.480 e. The number of carboxylic acids is 1. The van der Waals surface area contributed by atoms with Gasteiger partial charge in [-0.1, -0.05) is 23.4 Å². The van der Waals surface area contributed by atoms with Crippen LogP contribution in [0.4, 0.5) is 0 Å². The molecule has 0 radical (unpaired) electrons. The molecule has 0 aliphatic rings. The van der Waals surface area contributed by atoms with Gasteiger partial charge in [0.2, 0.25) is 5.16 Å². The Morgan fingerprint density at radius 1 is 1.53 bits per heavy atom. The number of hydrogen-bond acceptors (Lipinski definition) is 6. The van der Waals surface area contributed by atoms with Gasteiger partial charge in [-0.3, -0.25) is 9.48 Å². The number of carbonyl (C=O) groups is 1. The van der Waals surface area contributed by atoms with E-state index in [1.807, 2.05) is 6.92 Å². The molecule has 2 heterocycles. The van der Waals surface area contributed by atoms with Gasteiger partial charge in [0, 0.05) is 12.8 Å². The first-order valence-electron chi connectivity index (χ1n) is 5.27. The van der Waals surface area contributed by atoms with Crippen LogP contribution in [0.2, 0.25) is 5.02 Å². The van der Waals surface area contributed by atoms with Gasteiger partial charge in [-0.15, -0.1) is 5.10 Å². The molecule has 2 aromatic rings. The molecule has 19 heavy (non-hydrogen) atoms. The van der Waals surface area contributed by atoms with Crippen molar-refractivity contribution in [2.24, 2.45) is 7.05 Å². The summed E-state index contributed by atoms with van der Waals surface area (Å²) >= 11 is 7.44. The Bertz CT molecular complexity index is 610. The van der Waals surface area contributed by atoms with E-state index in [1.54, 1.807) is 11.7 Å². The van der Waals surface area contributed by atoms with E-state index in [4.69, 9.17) is 16.7 Å². The van der Waals surface area contributed by atoms with E-state index in [2.05, 4.69) is 20.6 Å². The molecule has 102 valence electrons. The average molecular weight is 303 g/mol. The van der Waals surface area contributed by atoms with Crippen LogP contribution in [0.25, 0.3) is 0 Å². The van der Waals surface area contributed by atoms with Crippen LogP contribution in [0.1, 0.15) is 11.4 Å². The largest absolute Gasteiger partial charge is 0.480 e. The SMILES string of the molecule is Cc1nn(C)c(CSc2nnnn2CC(=O)O)c1Cl. The number of rotatable bonds is 5. The Balaban J connectivity index is 2.10. The zero-order valence-electron chi connectivity index (χ0n) is 10.2. The van der Waals surface area contributed by atoms with Crippen molar-refractivity contribution in [2.75, 3.05) is 0 Å². The number of nitrogens with zero attached hydrogens (tertiary/aromatic N) is 6. The molecular weight excluding hydrogens is 292 g/mol. The number of aliphatic carboxylic acids is 1. The number of halogens is 1. The predicted molar refractivity (Wildman–Crippen MR) is 68.0 cm³/mol. The summed E-state index contributed by atoms with van der Waals surface area (Å²) in [6.07, 6.45) is 0. The fourth-order valence-electron chi connectivity index (χ4n) is 1.50. The maximum atomic E-state index is 10.6. The molecule has 0 fully saturated rings. The summed E-state index contributed by atoms with van der Waals surface area (Å²) in [4.78, 5) is 10.6. The zero-order chi connectivity index (χ0) is 14.0. The minimum atomic E-state index is -0.997. The lowest BCUT2D eigenvalue weighted by Crippen LogP contribution is -2.11. The molecule has 2 rings (SSSR count). The van der Waals surface area contributed by atoms with Crippen molar-refractivity contribution in [1.82, 2.24) is 30.0 Å². The van der Waals surface area contributed by atoms with Crippen LogP contribution in [0.3, 0.4) is 0 Å². The van der Waals surface area contributed by atoms with Gasteiger partial charge in [0.15, 0.2) is 0 Å². The van der Waals surface area contributed by atoms with Crippen molar-refractivity contribution in [3.63, 3.8) is 0 Å². The molecule has 0 aromatic carbocycles. The lowest BCUT2D eigenvalue weighted by atomic mass is 10.4. The Hall–Kier alpha value is -1.61. The van der Waals surface area contributed by atoms with E-state index < -0.39 is 5.97 Å². The molecule has 10 heteroatoms. The topological polar surface area (TPSA) is 98.7 Å². The van der Waals surface area contributed by atoms with Gasteiger partial charge < -0.3 is 5.11 Å². The summed E-state index contributed by atoms with van der Waals surface area (Å²) in [5, 5.41) is 24.8. The van der Waals surface area contributed by atoms with Crippen LogP contribution in [-0.4, -0.2) is 41.1 Å². The van der Waals surface area contributed by atoms with Gasteiger partial charge in [-0.25, -0.2) is 4.68 Å². The predicted octanol–water partition coefficient (Wildman–Crippen LogP) is 0.745. The third kappa shape index (κ3) is 3.04. The average Bonchev–Trinajstić information content (AvgIpc) is 2.84. The van der Waals surface area contributed by atoms with Crippen molar-refractivity contribution in [1.29, 1.82) is 0 Å². The summed E-state index contributed by atoms with van der Waals surface area (Å²) in [5.74, 6) is -0.487. The number of aromatic nitrogens is 6. The maximum absolute atomic E-state index is 10.6. The smallest absolute Gasteiger partial charge is 0.325 e. The Morgan fingerprint density at radius 2 is 2.26 bits per heavy atom. The lowest BCUT2D eigenvalue weighted by molar-refractivity contribution is -0.138. The second-order valence-corrected chi connectivity index (χ2v) is 5.09. The molecule has 8 nitrogen and oxygen atoms in total. The molecule has 0 bridgehead atoms. The van der Waals surface area contributed by atoms with Crippen LogP contribution in [-0.2, 0) is 24.1 Å². The van der Waals surface area contributed by atoms with E-state index >= 15 is 0 Å². The highest BCUT2D eigenvalue weighted by Gasteiger charge is 2.15. The number of hydrogen-bond donors (Lipinski definition) is 1. The van der Waals surface area contributed by atoms with E-state index in [0.29, 0.717) is 15.9 Å². The summed E-state index contributed by atoms with van der Waals surface area (Å²) in [6.45, 7) is 1.55. The Labute approximate surface area is 117 Å². The van der Waals surface area contributed by atoms with E-state index in [9.17, 15) is 4.79 Å². The van der Waals surface area contributed by atoms with Gasteiger partial charge in [0.05, 0.1) is 16.4 Å². The van der Waals surface area contributed by atoms with Crippen LogP contribution in [0.5, 0.6) is 0 Å². The summed E-state index contributed by atoms with van der Waals surface area (Å²) in [6, 6.07) is 0. The molecule has 0 unspecified atom stereocenters. The fourth-order valence-corrected chi connectivity index (χ4v) is 2.74. The van der Waals surface area contributed by atoms with Crippen LogP contribution < -0.4 is 0 Å². The van der Waals surface area contributed by atoms with Gasteiger partial charge >= 0.3 is 5.97 Å². The first-order valence-corrected chi connectivity index (χ1v) is 6.64. The van der Waals surface area contributed by atoms with Crippen molar-refractivity contribution in [2.45, 2.75) is 24.4 Å². The molecule has 0 aliphatic carbocycles. The van der Waals surface area contributed by atoms with Gasteiger partial charge in [-0.2, -0.15) is 5.10 Å². The van der Waals surface area contributed by atoms with E-state index in [0.717, 1.165) is 11.4 Å². The quantitative estimate of drug-likeness (QED) is 0.813. The minimum absolute atomic E-state index is 0.270. The summed E-state index contributed by atoms with van der Waals surface area (Å²) < 4.78 is 2.92. The molecule has 0 aliphatic heterocycles. The fraction of sp³-hybridized carbons (Fsp3) is 0.444. The molecule has 0 saturated heterocycles. The van der Waals surface area contributed by atoms with Crippen molar-refractivity contribution < 1.29 is 9.90 Å². The second kappa shape index (κ2) is 5.57. The molecule has 0 amide bonds. The normalized spacial score (nSPS) is 10.9. The third-order valence-corrected chi connectivity index (χ3v) is 3.84. The van der Waals surface area contributed by atoms with Crippen molar-refractivity contribution >= 4 is 29.3 Å². The monoisotopic (exact) mass is 302 g/mol. The molecule has 1 N–H and O–H groups in total. The van der Waals surface area contributed by atoms with E-state index in [-0.39, 0.29) is 6.54 Å². The molecule has 2 aromatic heterocycles. The number of tetrazole rings is 1. The Kier molecular flexibility index (Phi) is 4.05.